The predicted molar refractivity (Wildman–Crippen MR) is 121 cm³/mol. The molecule has 1 saturated heterocycles. The van der Waals surface area contributed by atoms with Crippen molar-refractivity contribution in [2.45, 2.75) is 45.6 Å². The monoisotopic (exact) mass is 420 g/mol. The van der Waals surface area contributed by atoms with Crippen molar-refractivity contribution < 1.29 is 9.59 Å². The molecule has 31 heavy (non-hydrogen) atoms. The van der Waals surface area contributed by atoms with Crippen molar-refractivity contribution in [1.29, 1.82) is 0 Å². The molecule has 0 unspecified atom stereocenters. The van der Waals surface area contributed by atoms with Crippen LogP contribution in [0.4, 0.5) is 11.6 Å². The van der Waals surface area contributed by atoms with E-state index < -0.39 is 0 Å². The van der Waals surface area contributed by atoms with Gasteiger partial charge in [0.15, 0.2) is 11.5 Å². The molecule has 3 aromatic rings. The fourth-order valence-corrected chi connectivity index (χ4v) is 3.78. The average Bonchev–Trinajstić information content (AvgIpc) is 3.32. The van der Waals surface area contributed by atoms with Crippen LogP contribution in [0.2, 0.25) is 0 Å². The third-order valence-corrected chi connectivity index (χ3v) is 5.48. The Labute approximate surface area is 181 Å². The summed E-state index contributed by atoms with van der Waals surface area (Å²) in [5.41, 5.74) is 2.45. The third kappa shape index (κ3) is 4.68. The molecule has 1 aliphatic heterocycles. The summed E-state index contributed by atoms with van der Waals surface area (Å²) in [5.74, 6) is 1.04. The Kier molecular flexibility index (Phi) is 5.39. The Balaban J connectivity index is 1.46. The second kappa shape index (κ2) is 8.02. The van der Waals surface area contributed by atoms with Crippen LogP contribution in [0.5, 0.6) is 0 Å². The minimum absolute atomic E-state index is 0.0155. The molecule has 2 aromatic heterocycles. The molecule has 2 N–H and O–H groups in total. The van der Waals surface area contributed by atoms with Crippen LogP contribution in [0, 0.1) is 0 Å². The van der Waals surface area contributed by atoms with Crippen molar-refractivity contribution >= 4 is 29.1 Å². The molecular weight excluding hydrogens is 392 g/mol. The van der Waals surface area contributed by atoms with E-state index in [-0.39, 0.29) is 23.3 Å². The molecule has 162 valence electrons. The lowest BCUT2D eigenvalue weighted by molar-refractivity contribution is -0.119. The molecule has 3 heterocycles. The second-order valence-electron chi connectivity index (χ2n) is 9.03. The number of hydrogen-bond donors (Lipinski definition) is 2. The zero-order chi connectivity index (χ0) is 22.2. The molecule has 0 aliphatic carbocycles. The first-order valence-corrected chi connectivity index (χ1v) is 10.5. The highest BCUT2D eigenvalue weighted by atomic mass is 16.2. The molecule has 0 radical (unpaired) electrons. The first-order valence-electron chi connectivity index (χ1n) is 10.5. The summed E-state index contributed by atoms with van der Waals surface area (Å²) in [5, 5.41) is 10.4. The lowest BCUT2D eigenvalue weighted by atomic mass is 9.87. The van der Waals surface area contributed by atoms with Crippen LogP contribution in [0.1, 0.15) is 50.0 Å². The Morgan fingerprint density at radius 1 is 1.10 bits per heavy atom. The summed E-state index contributed by atoms with van der Waals surface area (Å²) in [6.45, 7) is 9.51. The van der Waals surface area contributed by atoms with Gasteiger partial charge in [-0.25, -0.2) is 9.50 Å². The summed E-state index contributed by atoms with van der Waals surface area (Å²) >= 11 is 0. The first-order chi connectivity index (χ1) is 14.7. The van der Waals surface area contributed by atoms with E-state index >= 15 is 0 Å². The minimum Gasteiger partial charge on any atom is -0.353 e. The van der Waals surface area contributed by atoms with Crippen LogP contribution in [0.15, 0.2) is 42.6 Å². The summed E-state index contributed by atoms with van der Waals surface area (Å²) < 4.78 is 1.67. The second-order valence-corrected chi connectivity index (χ2v) is 9.03. The maximum absolute atomic E-state index is 12.6. The molecule has 4 rings (SSSR count). The number of imidazole rings is 1. The van der Waals surface area contributed by atoms with Gasteiger partial charge in [0.2, 0.25) is 5.91 Å². The lowest BCUT2D eigenvalue weighted by Gasteiger charge is -2.18. The number of carbonyl (C=O) groups is 2. The fraction of sp³-hybridized carbons (Fsp3) is 0.391. The Morgan fingerprint density at radius 3 is 2.52 bits per heavy atom. The van der Waals surface area contributed by atoms with E-state index in [0.29, 0.717) is 17.0 Å². The Hall–Kier alpha value is -3.42. The van der Waals surface area contributed by atoms with E-state index in [9.17, 15) is 9.59 Å². The topological polar surface area (TPSA) is 91.6 Å². The number of rotatable bonds is 4. The number of nitrogens with zero attached hydrogens (tertiary/aromatic N) is 4. The molecule has 2 amide bonds. The Morgan fingerprint density at radius 2 is 1.84 bits per heavy atom. The number of anilines is 2. The van der Waals surface area contributed by atoms with E-state index in [1.807, 2.05) is 36.4 Å². The van der Waals surface area contributed by atoms with E-state index in [2.05, 4.69) is 46.4 Å². The van der Waals surface area contributed by atoms with Gasteiger partial charge in [-0.3, -0.25) is 9.59 Å². The summed E-state index contributed by atoms with van der Waals surface area (Å²) in [6.07, 6.45) is 2.60. The number of amides is 2. The van der Waals surface area contributed by atoms with E-state index in [1.165, 1.54) is 12.5 Å². The van der Waals surface area contributed by atoms with Crippen molar-refractivity contribution in [3.05, 3.63) is 53.7 Å². The number of fused-ring (bicyclic) bond motifs is 1. The van der Waals surface area contributed by atoms with E-state index in [4.69, 9.17) is 0 Å². The number of aromatic nitrogens is 3. The smallest absolute Gasteiger partial charge is 0.256 e. The maximum atomic E-state index is 12.6. The van der Waals surface area contributed by atoms with E-state index in [0.717, 1.165) is 25.3 Å². The summed E-state index contributed by atoms with van der Waals surface area (Å²) in [4.78, 5) is 30.5. The van der Waals surface area contributed by atoms with Crippen molar-refractivity contribution in [2.75, 3.05) is 23.3 Å². The number of hydrogen-bond acceptors (Lipinski definition) is 5. The van der Waals surface area contributed by atoms with Crippen molar-refractivity contribution in [3.63, 3.8) is 0 Å². The van der Waals surface area contributed by atoms with Gasteiger partial charge in [0.25, 0.3) is 5.91 Å². The third-order valence-electron chi connectivity index (χ3n) is 5.48. The largest absolute Gasteiger partial charge is 0.353 e. The summed E-state index contributed by atoms with van der Waals surface area (Å²) in [7, 11) is 0. The molecule has 1 aromatic carbocycles. The van der Waals surface area contributed by atoms with Crippen molar-refractivity contribution in [2.24, 2.45) is 0 Å². The van der Waals surface area contributed by atoms with Gasteiger partial charge in [-0.2, -0.15) is 0 Å². The standard InChI is InChI=1S/C23H28N6O2/c1-15(30)24-18-11-12-28(13-18)21-10-9-20-25-19(14-29(20)27-21)26-22(31)16-5-7-17(8-6-16)23(2,3)4/h5-10,14,18H,11-13H2,1-4H3,(H,24,30)(H,26,31)/t18-/m1/s1. The highest BCUT2D eigenvalue weighted by Gasteiger charge is 2.24. The minimum atomic E-state index is -0.207. The molecule has 0 saturated carbocycles. The van der Waals surface area contributed by atoms with Gasteiger partial charge >= 0.3 is 0 Å². The van der Waals surface area contributed by atoms with Crippen LogP contribution in [-0.2, 0) is 10.2 Å². The van der Waals surface area contributed by atoms with Crippen LogP contribution >= 0.6 is 0 Å². The van der Waals surface area contributed by atoms with Gasteiger partial charge < -0.3 is 15.5 Å². The molecule has 0 spiro atoms. The zero-order valence-electron chi connectivity index (χ0n) is 18.3. The fourth-order valence-electron chi connectivity index (χ4n) is 3.78. The molecule has 8 nitrogen and oxygen atoms in total. The normalized spacial score (nSPS) is 16.5. The predicted octanol–water partition coefficient (Wildman–Crippen LogP) is 2.99. The summed E-state index contributed by atoms with van der Waals surface area (Å²) in [6, 6.07) is 11.6. The van der Waals surface area contributed by atoms with Gasteiger partial charge in [-0.05, 0) is 41.7 Å². The van der Waals surface area contributed by atoms with Gasteiger partial charge in [0.1, 0.15) is 5.82 Å². The molecule has 1 fully saturated rings. The van der Waals surface area contributed by atoms with Crippen LogP contribution in [0.3, 0.4) is 0 Å². The molecule has 1 aliphatic rings. The molecule has 0 bridgehead atoms. The molecule has 8 heteroatoms. The number of carbonyl (C=O) groups excluding carboxylic acids is 2. The van der Waals surface area contributed by atoms with Gasteiger partial charge in [-0.15, -0.1) is 5.10 Å². The van der Waals surface area contributed by atoms with Crippen LogP contribution in [-0.4, -0.2) is 45.5 Å². The van der Waals surface area contributed by atoms with Crippen molar-refractivity contribution in [1.82, 2.24) is 19.9 Å². The average molecular weight is 421 g/mol. The van der Waals surface area contributed by atoms with Gasteiger partial charge in [0.05, 0.1) is 6.20 Å². The zero-order valence-corrected chi connectivity index (χ0v) is 18.3. The molecule has 1 atom stereocenters. The van der Waals surface area contributed by atoms with Gasteiger partial charge in [-0.1, -0.05) is 32.9 Å². The Bertz CT molecular complexity index is 1110. The lowest BCUT2D eigenvalue weighted by Crippen LogP contribution is -2.35. The number of nitrogens with one attached hydrogen (secondary N) is 2. The van der Waals surface area contributed by atoms with E-state index in [1.54, 1.807) is 10.7 Å². The highest BCUT2D eigenvalue weighted by molar-refractivity contribution is 6.03. The van der Waals surface area contributed by atoms with Crippen molar-refractivity contribution in [3.8, 4) is 0 Å². The van der Waals surface area contributed by atoms with Crippen LogP contribution in [0.25, 0.3) is 5.65 Å². The first kappa shape index (κ1) is 20.8. The van der Waals surface area contributed by atoms with Crippen LogP contribution < -0.4 is 15.5 Å². The van der Waals surface area contributed by atoms with Gasteiger partial charge in [0, 0.05) is 31.6 Å². The quantitative estimate of drug-likeness (QED) is 0.677. The molecular formula is C23H28N6O2. The maximum Gasteiger partial charge on any atom is 0.256 e. The SMILES string of the molecule is CC(=O)N[C@@H]1CCN(c2ccc3nc(NC(=O)c4ccc(C(C)(C)C)cc4)cn3n2)C1. The highest BCUT2D eigenvalue weighted by Crippen LogP contribution is 2.23. The number of benzene rings is 1.